The molecule has 0 unspecified atom stereocenters. The maximum atomic E-state index is 4.30. The molecule has 2 N–H and O–H groups in total. The largest absolute Gasteiger partial charge is 0.363 e. The van der Waals surface area contributed by atoms with Gasteiger partial charge < -0.3 is 15.5 Å². The van der Waals surface area contributed by atoms with Gasteiger partial charge in [0.25, 0.3) is 0 Å². The molecule has 7 heteroatoms. The molecule has 0 spiro atoms. The average molecular weight is 440 g/mol. The van der Waals surface area contributed by atoms with Gasteiger partial charge in [-0.2, -0.15) is 11.8 Å². The van der Waals surface area contributed by atoms with Crippen LogP contribution >= 0.6 is 47.1 Å². The molecular weight excluding hydrogens is 415 g/mol. The van der Waals surface area contributed by atoms with Gasteiger partial charge in [0.2, 0.25) is 0 Å². The van der Waals surface area contributed by atoms with E-state index in [2.05, 4.69) is 44.3 Å². The number of thiophene rings is 1. The molecule has 1 aliphatic heterocycles. The third-order valence-corrected chi connectivity index (χ3v) is 5.02. The number of guanidine groups is 1. The number of rotatable bonds is 5. The lowest BCUT2D eigenvalue weighted by atomic mass is 10.1. The Bertz CT molecular complexity index is 403. The maximum absolute atomic E-state index is 4.30. The van der Waals surface area contributed by atoms with Crippen molar-refractivity contribution in [3.8, 4) is 0 Å². The molecule has 1 aromatic heterocycles. The van der Waals surface area contributed by atoms with Crippen LogP contribution < -0.4 is 15.5 Å². The number of halogens is 1. The molecule has 0 saturated carbocycles. The molecule has 2 rings (SSSR count). The van der Waals surface area contributed by atoms with Gasteiger partial charge in [-0.25, -0.2) is 0 Å². The van der Waals surface area contributed by atoms with Crippen LogP contribution in [0.2, 0.25) is 0 Å². The lowest BCUT2D eigenvalue weighted by molar-refractivity contribution is 0.463. The third-order valence-electron chi connectivity index (χ3n) is 3.48. The molecule has 0 aromatic carbocycles. The molecule has 4 nitrogen and oxygen atoms in total. The molecule has 0 atom stereocenters. The highest BCUT2D eigenvalue weighted by Gasteiger charge is 2.20. The fraction of sp³-hybridized carbons (Fsp3) is 0.643. The van der Waals surface area contributed by atoms with Gasteiger partial charge in [-0.05, 0) is 36.6 Å². The van der Waals surface area contributed by atoms with Gasteiger partial charge in [0.15, 0.2) is 5.96 Å². The zero-order valence-corrected chi connectivity index (χ0v) is 16.6. The van der Waals surface area contributed by atoms with Crippen LogP contribution in [0, 0.1) is 0 Å². The monoisotopic (exact) mass is 440 g/mol. The topological polar surface area (TPSA) is 39.7 Å². The summed E-state index contributed by atoms with van der Waals surface area (Å²) in [5.74, 6) is 2.05. The number of anilines is 1. The van der Waals surface area contributed by atoms with Crippen LogP contribution in [0.3, 0.4) is 0 Å². The predicted octanol–water partition coefficient (Wildman–Crippen LogP) is 2.86. The van der Waals surface area contributed by atoms with Crippen molar-refractivity contribution in [2.75, 3.05) is 43.6 Å². The summed E-state index contributed by atoms with van der Waals surface area (Å²) in [5.41, 5.74) is 0. The predicted molar refractivity (Wildman–Crippen MR) is 108 cm³/mol. The maximum Gasteiger partial charge on any atom is 0.191 e. The molecule has 1 fully saturated rings. The van der Waals surface area contributed by atoms with Crippen molar-refractivity contribution in [3.63, 3.8) is 0 Å². The first-order chi connectivity index (χ1) is 9.83. The standard InChI is InChI=1S/C14H24N4S2.HI/c1-15-14(16-7-11-19-2)17-12-5-8-18(9-6-12)13-4-3-10-20-13;/h3-4,10,12H,5-9,11H2,1-2H3,(H2,15,16,17);1H. The van der Waals surface area contributed by atoms with E-state index >= 15 is 0 Å². The summed E-state index contributed by atoms with van der Waals surface area (Å²) >= 11 is 3.68. The molecule has 2 heterocycles. The van der Waals surface area contributed by atoms with Crippen molar-refractivity contribution in [3.05, 3.63) is 17.5 Å². The summed E-state index contributed by atoms with van der Waals surface area (Å²) in [6.45, 7) is 3.22. The van der Waals surface area contributed by atoms with E-state index in [0.717, 1.165) is 31.3 Å². The second kappa shape index (κ2) is 10.6. The fourth-order valence-corrected chi connectivity index (χ4v) is 3.45. The highest BCUT2D eigenvalue weighted by atomic mass is 127. The summed E-state index contributed by atoms with van der Waals surface area (Å²) < 4.78 is 0. The molecule has 0 amide bonds. The van der Waals surface area contributed by atoms with Crippen molar-refractivity contribution in [2.45, 2.75) is 18.9 Å². The summed E-state index contributed by atoms with van der Waals surface area (Å²) in [4.78, 5) is 6.78. The van der Waals surface area contributed by atoms with Gasteiger partial charge in [0.1, 0.15) is 0 Å². The SMILES string of the molecule is CN=C(NCCSC)NC1CCN(c2cccs2)CC1.I. The minimum atomic E-state index is 0. The van der Waals surface area contributed by atoms with E-state index in [1.807, 2.05) is 30.1 Å². The Labute approximate surface area is 153 Å². The van der Waals surface area contributed by atoms with Gasteiger partial charge in [-0.3, -0.25) is 4.99 Å². The average Bonchev–Trinajstić information content (AvgIpc) is 3.01. The van der Waals surface area contributed by atoms with Crippen LogP contribution in [0.4, 0.5) is 5.00 Å². The Morgan fingerprint density at radius 1 is 1.48 bits per heavy atom. The summed E-state index contributed by atoms with van der Waals surface area (Å²) in [7, 11) is 1.84. The van der Waals surface area contributed by atoms with E-state index in [9.17, 15) is 0 Å². The first-order valence-electron chi connectivity index (χ1n) is 7.08. The number of nitrogens with one attached hydrogen (secondary N) is 2. The van der Waals surface area contributed by atoms with Gasteiger partial charge in [-0.15, -0.1) is 35.3 Å². The molecular formula is C14H25IN4S2. The van der Waals surface area contributed by atoms with Crippen LogP contribution in [0.1, 0.15) is 12.8 Å². The van der Waals surface area contributed by atoms with E-state index < -0.39 is 0 Å². The summed E-state index contributed by atoms with van der Waals surface area (Å²) in [6.07, 6.45) is 4.46. The summed E-state index contributed by atoms with van der Waals surface area (Å²) in [6, 6.07) is 4.87. The van der Waals surface area contributed by atoms with Crippen molar-refractivity contribution >= 4 is 58.0 Å². The minimum absolute atomic E-state index is 0. The van der Waals surface area contributed by atoms with Crippen molar-refractivity contribution < 1.29 is 0 Å². The van der Waals surface area contributed by atoms with Gasteiger partial charge in [0, 0.05) is 38.5 Å². The molecule has 1 aliphatic rings. The van der Waals surface area contributed by atoms with E-state index in [0.29, 0.717) is 6.04 Å². The molecule has 21 heavy (non-hydrogen) atoms. The van der Waals surface area contributed by atoms with Crippen molar-refractivity contribution in [1.29, 1.82) is 0 Å². The highest BCUT2D eigenvalue weighted by molar-refractivity contribution is 14.0. The van der Waals surface area contributed by atoms with E-state index in [-0.39, 0.29) is 24.0 Å². The molecule has 0 aliphatic carbocycles. The van der Waals surface area contributed by atoms with E-state index in [4.69, 9.17) is 0 Å². The lowest BCUT2D eigenvalue weighted by Crippen LogP contribution is -2.49. The van der Waals surface area contributed by atoms with Crippen molar-refractivity contribution in [2.24, 2.45) is 4.99 Å². The Hall–Kier alpha value is -0.150. The number of piperidine rings is 1. The van der Waals surface area contributed by atoms with E-state index in [1.54, 1.807) is 0 Å². The zero-order valence-electron chi connectivity index (χ0n) is 12.7. The van der Waals surface area contributed by atoms with Gasteiger partial charge in [-0.1, -0.05) is 0 Å². The number of hydrogen-bond donors (Lipinski definition) is 2. The molecule has 0 radical (unpaired) electrons. The Morgan fingerprint density at radius 3 is 2.81 bits per heavy atom. The Morgan fingerprint density at radius 2 is 2.24 bits per heavy atom. The Balaban J connectivity index is 0.00000220. The molecule has 120 valence electrons. The first-order valence-corrected chi connectivity index (χ1v) is 9.35. The van der Waals surface area contributed by atoms with Crippen LogP contribution in [-0.2, 0) is 0 Å². The number of thioether (sulfide) groups is 1. The third kappa shape index (κ3) is 6.23. The second-order valence-corrected chi connectivity index (χ2v) is 6.76. The second-order valence-electron chi connectivity index (χ2n) is 4.85. The number of aliphatic imine (C=N–C) groups is 1. The number of hydrogen-bond acceptors (Lipinski definition) is 4. The normalized spacial score (nSPS) is 16.5. The lowest BCUT2D eigenvalue weighted by Gasteiger charge is -2.33. The summed E-state index contributed by atoms with van der Waals surface area (Å²) in [5, 5.41) is 10.4. The molecule has 1 aromatic rings. The van der Waals surface area contributed by atoms with Crippen LogP contribution in [0.15, 0.2) is 22.5 Å². The Kier molecular flexibility index (Phi) is 9.50. The first kappa shape index (κ1) is 18.9. The zero-order chi connectivity index (χ0) is 14.2. The molecule has 1 saturated heterocycles. The highest BCUT2D eigenvalue weighted by Crippen LogP contribution is 2.24. The minimum Gasteiger partial charge on any atom is -0.363 e. The number of nitrogens with zero attached hydrogens (tertiary/aromatic N) is 2. The van der Waals surface area contributed by atoms with Crippen LogP contribution in [0.25, 0.3) is 0 Å². The van der Waals surface area contributed by atoms with Gasteiger partial charge in [0.05, 0.1) is 5.00 Å². The fourth-order valence-electron chi connectivity index (χ4n) is 2.35. The quantitative estimate of drug-likeness (QED) is 0.320. The smallest absolute Gasteiger partial charge is 0.191 e. The molecule has 0 bridgehead atoms. The van der Waals surface area contributed by atoms with E-state index in [1.165, 1.54) is 17.8 Å². The van der Waals surface area contributed by atoms with Crippen LogP contribution in [-0.4, -0.2) is 50.7 Å². The van der Waals surface area contributed by atoms with Gasteiger partial charge >= 0.3 is 0 Å². The van der Waals surface area contributed by atoms with Crippen LogP contribution in [0.5, 0.6) is 0 Å². The van der Waals surface area contributed by atoms with Crippen molar-refractivity contribution in [1.82, 2.24) is 10.6 Å².